The first-order valence-corrected chi connectivity index (χ1v) is 6.95. The summed E-state index contributed by atoms with van der Waals surface area (Å²) in [5.41, 5.74) is -1.24. The van der Waals surface area contributed by atoms with Crippen LogP contribution in [-0.2, 0) is 0 Å². The van der Waals surface area contributed by atoms with Gasteiger partial charge in [-0.05, 0) is 44.0 Å². The molecule has 4 nitrogen and oxygen atoms in total. The zero-order valence-corrected chi connectivity index (χ0v) is 12.4. The smallest absolute Gasteiger partial charge is 0.210 e. The van der Waals surface area contributed by atoms with Crippen molar-refractivity contribution in [2.75, 3.05) is 0 Å². The number of nitrogens with zero attached hydrogens (tertiary/aromatic N) is 1. The van der Waals surface area contributed by atoms with Crippen LogP contribution in [-0.4, -0.2) is 27.4 Å². The van der Waals surface area contributed by atoms with Crippen LogP contribution < -0.4 is 0 Å². The summed E-state index contributed by atoms with van der Waals surface area (Å²) in [7, 11) is 0. The lowest BCUT2D eigenvalue weighted by atomic mass is 9.71. The summed E-state index contributed by atoms with van der Waals surface area (Å²) in [6.45, 7) is 5.44. The quantitative estimate of drug-likeness (QED) is 0.389. The lowest BCUT2D eigenvalue weighted by Gasteiger charge is -2.37. The summed E-state index contributed by atoms with van der Waals surface area (Å²) in [4.78, 5) is 12.5. The molecule has 1 fully saturated rings. The topological polar surface area (TPSA) is 69.9 Å². The Morgan fingerprint density at radius 3 is 2.29 bits per heavy atom. The average molecular weight is 293 g/mol. The van der Waals surface area contributed by atoms with Gasteiger partial charge < -0.3 is 10.3 Å². The Hall–Kier alpha value is -1.75. The number of ketones is 1. The van der Waals surface area contributed by atoms with Gasteiger partial charge in [0.25, 0.3) is 0 Å². The largest absolute Gasteiger partial charge is 0.411 e. The van der Waals surface area contributed by atoms with E-state index in [1.165, 1.54) is 24.3 Å². The molecule has 0 amide bonds. The molecule has 0 heterocycles. The Kier molecular flexibility index (Phi) is 3.89. The first-order chi connectivity index (χ1) is 9.70. The van der Waals surface area contributed by atoms with Gasteiger partial charge in [-0.3, -0.25) is 4.79 Å². The summed E-state index contributed by atoms with van der Waals surface area (Å²) in [6.07, 6.45) is 1.09. The molecule has 1 aliphatic carbocycles. The second-order valence-electron chi connectivity index (χ2n) is 6.41. The zero-order chi connectivity index (χ0) is 15.8. The molecule has 1 aromatic carbocycles. The van der Waals surface area contributed by atoms with Gasteiger partial charge in [-0.2, -0.15) is 0 Å². The number of oxime groups is 1. The van der Waals surface area contributed by atoms with Crippen LogP contribution >= 0.6 is 0 Å². The van der Waals surface area contributed by atoms with Gasteiger partial charge in [0.1, 0.15) is 11.5 Å². The predicted octanol–water partition coefficient (Wildman–Crippen LogP) is 3.03. The van der Waals surface area contributed by atoms with Gasteiger partial charge in [0.2, 0.25) is 5.78 Å². The highest BCUT2D eigenvalue weighted by atomic mass is 19.1. The number of carbonyl (C=O) groups excluding carboxylic acids is 1. The lowest BCUT2D eigenvalue weighted by Crippen LogP contribution is -2.43. The Balaban J connectivity index is 2.33. The van der Waals surface area contributed by atoms with Gasteiger partial charge in [-0.1, -0.05) is 19.0 Å². The van der Waals surface area contributed by atoms with Crippen molar-refractivity contribution in [1.29, 1.82) is 0 Å². The second-order valence-corrected chi connectivity index (χ2v) is 6.41. The van der Waals surface area contributed by atoms with Crippen LogP contribution in [0.5, 0.6) is 0 Å². The third kappa shape index (κ3) is 2.58. The molecule has 2 rings (SSSR count). The van der Waals surface area contributed by atoms with Crippen molar-refractivity contribution in [3.05, 3.63) is 35.6 Å². The van der Waals surface area contributed by atoms with Crippen LogP contribution in [0, 0.1) is 17.2 Å². The van der Waals surface area contributed by atoms with E-state index in [2.05, 4.69) is 5.16 Å². The minimum Gasteiger partial charge on any atom is -0.411 e. The molecule has 0 radical (unpaired) electrons. The Morgan fingerprint density at radius 1 is 1.29 bits per heavy atom. The summed E-state index contributed by atoms with van der Waals surface area (Å²) in [5, 5.41) is 22.9. The Bertz CT molecular complexity index is 576. The molecule has 1 saturated carbocycles. The van der Waals surface area contributed by atoms with E-state index >= 15 is 0 Å². The molecule has 1 aliphatic rings. The van der Waals surface area contributed by atoms with E-state index in [0.717, 1.165) is 0 Å². The van der Waals surface area contributed by atoms with Crippen LogP contribution in [0.2, 0.25) is 0 Å². The number of halogens is 1. The molecule has 0 aliphatic heterocycles. The Labute approximate surface area is 123 Å². The summed E-state index contributed by atoms with van der Waals surface area (Å²) in [6, 6.07) is 5.11. The molecule has 21 heavy (non-hydrogen) atoms. The first kappa shape index (κ1) is 15.6. The molecule has 5 heteroatoms. The van der Waals surface area contributed by atoms with E-state index in [1.54, 1.807) is 6.92 Å². The minimum atomic E-state index is -0.934. The number of hydrogen-bond donors (Lipinski definition) is 2. The molecule has 0 unspecified atom stereocenters. The highest BCUT2D eigenvalue weighted by Crippen LogP contribution is 2.50. The number of aliphatic hydroxyl groups is 1. The normalized spacial score (nSPS) is 28.6. The van der Waals surface area contributed by atoms with Crippen molar-refractivity contribution < 1.29 is 19.5 Å². The fourth-order valence-electron chi connectivity index (χ4n) is 2.98. The summed E-state index contributed by atoms with van der Waals surface area (Å²) >= 11 is 0. The van der Waals surface area contributed by atoms with Crippen molar-refractivity contribution in [1.82, 2.24) is 0 Å². The molecule has 0 saturated heterocycles. The zero-order valence-electron chi connectivity index (χ0n) is 12.4. The van der Waals surface area contributed by atoms with E-state index in [9.17, 15) is 19.5 Å². The standard InChI is InChI=1S/C16H20FNO3/c1-15(2)12(8-9-16(15,3)20)13(18-21)14(19)10-4-6-11(17)7-5-10/h4-7,12,20-21H,8-9H2,1-3H3/b18-13+/t12-,16-/m1/s1. The average Bonchev–Trinajstić information content (AvgIpc) is 2.62. The van der Waals surface area contributed by atoms with Gasteiger partial charge in [0.15, 0.2) is 0 Å². The van der Waals surface area contributed by atoms with Gasteiger partial charge in [-0.15, -0.1) is 0 Å². The van der Waals surface area contributed by atoms with Gasteiger partial charge in [0, 0.05) is 16.9 Å². The van der Waals surface area contributed by atoms with Crippen LogP contribution in [0.1, 0.15) is 44.0 Å². The maximum atomic E-state index is 12.9. The molecule has 0 spiro atoms. The van der Waals surface area contributed by atoms with E-state index in [0.29, 0.717) is 12.8 Å². The predicted molar refractivity (Wildman–Crippen MR) is 77.1 cm³/mol. The van der Waals surface area contributed by atoms with Crippen molar-refractivity contribution in [2.24, 2.45) is 16.5 Å². The molecule has 2 N–H and O–H groups in total. The SMILES string of the molecule is CC1(C)[C@@H](/C(=N\O)C(=O)c2ccc(F)cc2)CC[C@@]1(C)O. The van der Waals surface area contributed by atoms with Gasteiger partial charge in [-0.25, -0.2) is 4.39 Å². The molecule has 1 aromatic rings. The van der Waals surface area contributed by atoms with Crippen molar-refractivity contribution in [2.45, 2.75) is 39.2 Å². The van der Waals surface area contributed by atoms with Crippen LogP contribution in [0.15, 0.2) is 29.4 Å². The number of rotatable bonds is 3. The molecular formula is C16H20FNO3. The minimum absolute atomic E-state index is 0.0179. The summed E-state index contributed by atoms with van der Waals surface area (Å²) < 4.78 is 12.9. The third-order valence-corrected chi connectivity index (χ3v) is 4.96. The lowest BCUT2D eigenvalue weighted by molar-refractivity contribution is -0.0334. The van der Waals surface area contributed by atoms with Crippen molar-refractivity contribution >= 4 is 11.5 Å². The van der Waals surface area contributed by atoms with Crippen LogP contribution in [0.3, 0.4) is 0 Å². The highest BCUT2D eigenvalue weighted by molar-refractivity contribution is 6.46. The van der Waals surface area contributed by atoms with Crippen molar-refractivity contribution in [3.63, 3.8) is 0 Å². The van der Waals surface area contributed by atoms with E-state index in [-0.39, 0.29) is 17.2 Å². The number of hydrogen-bond acceptors (Lipinski definition) is 4. The third-order valence-electron chi connectivity index (χ3n) is 4.96. The fraction of sp³-hybridized carbons (Fsp3) is 0.500. The maximum Gasteiger partial charge on any atom is 0.210 e. The second kappa shape index (κ2) is 5.22. The Morgan fingerprint density at radius 2 is 1.86 bits per heavy atom. The maximum absolute atomic E-state index is 12.9. The van der Waals surface area contributed by atoms with Crippen molar-refractivity contribution in [3.8, 4) is 0 Å². The fourth-order valence-corrected chi connectivity index (χ4v) is 2.98. The highest BCUT2D eigenvalue weighted by Gasteiger charge is 2.53. The molecule has 0 bridgehead atoms. The van der Waals surface area contributed by atoms with E-state index < -0.39 is 22.6 Å². The number of Topliss-reactive ketones (excluding diaryl/α,β-unsaturated/α-hetero) is 1. The summed E-state index contributed by atoms with van der Waals surface area (Å²) in [5.74, 6) is -1.22. The first-order valence-electron chi connectivity index (χ1n) is 6.95. The van der Waals surface area contributed by atoms with Gasteiger partial charge >= 0.3 is 0 Å². The van der Waals surface area contributed by atoms with E-state index in [4.69, 9.17) is 0 Å². The number of carbonyl (C=O) groups is 1. The monoisotopic (exact) mass is 293 g/mol. The molecular weight excluding hydrogens is 273 g/mol. The van der Waals surface area contributed by atoms with Gasteiger partial charge in [0.05, 0.1) is 5.60 Å². The van der Waals surface area contributed by atoms with E-state index in [1.807, 2.05) is 13.8 Å². The molecule has 114 valence electrons. The number of benzene rings is 1. The van der Waals surface area contributed by atoms with Crippen LogP contribution in [0.25, 0.3) is 0 Å². The molecule has 0 aromatic heterocycles. The van der Waals surface area contributed by atoms with Crippen LogP contribution in [0.4, 0.5) is 4.39 Å². The molecule has 2 atom stereocenters.